The summed E-state index contributed by atoms with van der Waals surface area (Å²) in [5, 5.41) is 14.1. The molecule has 1 rings (SSSR count). The fourth-order valence-electron chi connectivity index (χ4n) is 1.63. The van der Waals surface area contributed by atoms with Crippen molar-refractivity contribution in [2.24, 2.45) is 10.9 Å². The van der Waals surface area contributed by atoms with Crippen LogP contribution in [0.3, 0.4) is 0 Å². The molecule has 0 heterocycles. The van der Waals surface area contributed by atoms with Gasteiger partial charge in [0.05, 0.1) is 12.0 Å². The topological polar surface area (TPSA) is 87.7 Å². The number of halogens is 2. The summed E-state index contributed by atoms with van der Waals surface area (Å²) in [6.07, 6.45) is 0.126. The van der Waals surface area contributed by atoms with Gasteiger partial charge in [0.2, 0.25) is 5.91 Å². The molecule has 1 atom stereocenters. The van der Waals surface area contributed by atoms with Crippen LogP contribution >= 0.6 is 0 Å². The van der Waals surface area contributed by atoms with Gasteiger partial charge in [-0.15, -0.1) is 0 Å². The van der Waals surface area contributed by atoms with Crippen LogP contribution in [0.2, 0.25) is 0 Å². The Morgan fingerprint density at radius 1 is 1.50 bits per heavy atom. The Balaban J connectivity index is 2.81. The highest BCUT2D eigenvalue weighted by atomic mass is 19.1. The molecule has 0 saturated heterocycles. The lowest BCUT2D eigenvalue weighted by Crippen LogP contribution is -2.55. The normalized spacial score (nSPS) is 14.7. The number of amidine groups is 1. The Morgan fingerprint density at radius 3 is 2.65 bits per heavy atom. The summed E-state index contributed by atoms with van der Waals surface area (Å²) in [6, 6.07) is 3.00. The average Bonchev–Trinajstić information content (AvgIpc) is 2.40. The third kappa shape index (κ3) is 3.66. The molecule has 1 aromatic rings. The van der Waals surface area contributed by atoms with Crippen molar-refractivity contribution >= 4 is 11.7 Å². The minimum atomic E-state index is -1.03. The molecule has 1 aromatic carbocycles. The Hall–Kier alpha value is -2.18. The van der Waals surface area contributed by atoms with Crippen molar-refractivity contribution in [3.63, 3.8) is 0 Å². The zero-order valence-electron chi connectivity index (χ0n) is 11.3. The van der Waals surface area contributed by atoms with Crippen LogP contribution < -0.4 is 11.1 Å². The number of nitrogens with one attached hydrogen (secondary N) is 1. The highest BCUT2D eigenvalue weighted by Crippen LogP contribution is 2.13. The molecule has 5 nitrogen and oxygen atoms in total. The number of oxime groups is 1. The molecule has 0 aliphatic carbocycles. The van der Waals surface area contributed by atoms with Gasteiger partial charge in [-0.2, -0.15) is 0 Å². The van der Waals surface area contributed by atoms with E-state index in [1.54, 1.807) is 13.8 Å². The lowest BCUT2D eigenvalue weighted by Gasteiger charge is -2.28. The smallest absolute Gasteiger partial charge is 0.225 e. The lowest BCUT2D eigenvalue weighted by molar-refractivity contribution is -0.121. The van der Waals surface area contributed by atoms with Crippen LogP contribution in [0.4, 0.5) is 8.78 Å². The second kappa shape index (κ2) is 6.31. The standard InChI is InChI=1S/C13H17F2N3O2/c1-3-13(2,12(16)18-20)17-11(19)6-8-4-5-9(14)7-10(8)15/h4-5,7,20H,3,6H2,1-2H3,(H2,16,18)(H,17,19). The highest BCUT2D eigenvalue weighted by Gasteiger charge is 2.29. The van der Waals surface area contributed by atoms with Gasteiger partial charge in [0.15, 0.2) is 5.84 Å². The van der Waals surface area contributed by atoms with Crippen molar-refractivity contribution in [3.8, 4) is 0 Å². The molecule has 0 aliphatic rings. The minimum absolute atomic E-state index is 0.0712. The summed E-state index contributed by atoms with van der Waals surface area (Å²) in [6.45, 7) is 3.33. The maximum absolute atomic E-state index is 13.4. The number of carbonyl (C=O) groups excluding carboxylic acids is 1. The van der Waals surface area contributed by atoms with Gasteiger partial charge in [-0.05, 0) is 25.0 Å². The van der Waals surface area contributed by atoms with Gasteiger partial charge in [0.25, 0.3) is 0 Å². The van der Waals surface area contributed by atoms with Crippen LogP contribution in [0.5, 0.6) is 0 Å². The van der Waals surface area contributed by atoms with E-state index in [2.05, 4.69) is 10.5 Å². The van der Waals surface area contributed by atoms with Crippen LogP contribution in [0.1, 0.15) is 25.8 Å². The van der Waals surface area contributed by atoms with E-state index in [4.69, 9.17) is 10.9 Å². The molecule has 0 bridgehead atoms. The molecule has 0 aliphatic heterocycles. The summed E-state index contributed by atoms with van der Waals surface area (Å²) < 4.78 is 26.2. The largest absolute Gasteiger partial charge is 0.409 e. The quantitative estimate of drug-likeness (QED) is 0.332. The first-order valence-corrected chi connectivity index (χ1v) is 6.05. The zero-order chi connectivity index (χ0) is 15.3. The van der Waals surface area contributed by atoms with E-state index in [-0.39, 0.29) is 17.8 Å². The monoisotopic (exact) mass is 285 g/mol. The van der Waals surface area contributed by atoms with Crippen LogP contribution in [0.15, 0.2) is 23.4 Å². The average molecular weight is 285 g/mol. The molecular weight excluding hydrogens is 268 g/mol. The van der Waals surface area contributed by atoms with E-state index in [0.717, 1.165) is 6.07 Å². The Kier molecular flexibility index (Phi) is 5.01. The van der Waals surface area contributed by atoms with E-state index in [9.17, 15) is 13.6 Å². The number of hydrogen-bond donors (Lipinski definition) is 3. The van der Waals surface area contributed by atoms with Crippen LogP contribution in [0, 0.1) is 11.6 Å². The first-order valence-electron chi connectivity index (χ1n) is 6.05. The van der Waals surface area contributed by atoms with E-state index in [1.165, 1.54) is 6.07 Å². The Labute approximate surface area is 115 Å². The van der Waals surface area contributed by atoms with Gasteiger partial charge in [0.1, 0.15) is 11.6 Å². The number of carbonyl (C=O) groups is 1. The van der Waals surface area contributed by atoms with Crippen molar-refractivity contribution < 1.29 is 18.8 Å². The maximum atomic E-state index is 13.4. The van der Waals surface area contributed by atoms with Gasteiger partial charge in [-0.3, -0.25) is 4.79 Å². The predicted molar refractivity (Wildman–Crippen MR) is 70.3 cm³/mol. The number of nitrogens with two attached hydrogens (primary N) is 1. The minimum Gasteiger partial charge on any atom is -0.409 e. The van der Waals surface area contributed by atoms with Gasteiger partial charge in [-0.1, -0.05) is 18.1 Å². The third-order valence-corrected chi connectivity index (χ3v) is 3.16. The zero-order valence-corrected chi connectivity index (χ0v) is 11.3. The molecule has 110 valence electrons. The second-order valence-electron chi connectivity index (χ2n) is 4.63. The fourth-order valence-corrected chi connectivity index (χ4v) is 1.63. The van der Waals surface area contributed by atoms with Gasteiger partial charge in [-0.25, -0.2) is 8.78 Å². The van der Waals surface area contributed by atoms with Crippen LogP contribution in [-0.4, -0.2) is 22.5 Å². The first-order chi connectivity index (χ1) is 9.32. The van der Waals surface area contributed by atoms with Gasteiger partial charge in [0, 0.05) is 6.07 Å². The molecule has 0 radical (unpaired) electrons. The lowest BCUT2D eigenvalue weighted by atomic mass is 9.97. The molecule has 4 N–H and O–H groups in total. The number of amides is 1. The molecular formula is C13H17F2N3O2. The number of benzene rings is 1. The van der Waals surface area contributed by atoms with E-state index >= 15 is 0 Å². The van der Waals surface area contributed by atoms with Crippen molar-refractivity contribution in [2.45, 2.75) is 32.2 Å². The molecule has 0 aromatic heterocycles. The summed E-state index contributed by atoms with van der Waals surface area (Å²) in [5.74, 6) is -2.15. The maximum Gasteiger partial charge on any atom is 0.225 e. The van der Waals surface area contributed by atoms with Crippen molar-refractivity contribution in [2.75, 3.05) is 0 Å². The molecule has 0 fully saturated rings. The summed E-state index contributed by atoms with van der Waals surface area (Å²) in [7, 11) is 0. The predicted octanol–water partition coefficient (Wildman–Crippen LogP) is 1.54. The Morgan fingerprint density at radius 2 is 2.15 bits per heavy atom. The molecule has 1 amide bonds. The van der Waals surface area contributed by atoms with Gasteiger partial charge >= 0.3 is 0 Å². The van der Waals surface area contributed by atoms with Crippen molar-refractivity contribution in [3.05, 3.63) is 35.4 Å². The van der Waals surface area contributed by atoms with E-state index < -0.39 is 23.1 Å². The molecule has 20 heavy (non-hydrogen) atoms. The molecule has 1 unspecified atom stereocenters. The number of nitrogens with zero attached hydrogens (tertiary/aromatic N) is 1. The summed E-state index contributed by atoms with van der Waals surface area (Å²) in [4.78, 5) is 11.9. The summed E-state index contributed by atoms with van der Waals surface area (Å²) in [5.41, 5.74) is 4.56. The molecule has 7 heteroatoms. The fraction of sp³-hybridized carbons (Fsp3) is 0.385. The second-order valence-corrected chi connectivity index (χ2v) is 4.63. The highest BCUT2D eigenvalue weighted by molar-refractivity contribution is 5.93. The van der Waals surface area contributed by atoms with E-state index in [1.807, 2.05) is 0 Å². The van der Waals surface area contributed by atoms with Crippen LogP contribution in [-0.2, 0) is 11.2 Å². The molecule has 0 spiro atoms. The van der Waals surface area contributed by atoms with Crippen molar-refractivity contribution in [1.82, 2.24) is 5.32 Å². The number of rotatable bonds is 5. The van der Waals surface area contributed by atoms with Crippen molar-refractivity contribution in [1.29, 1.82) is 0 Å². The third-order valence-electron chi connectivity index (χ3n) is 3.16. The van der Waals surface area contributed by atoms with Crippen LogP contribution in [0.25, 0.3) is 0 Å². The first kappa shape index (κ1) is 15.9. The van der Waals surface area contributed by atoms with Gasteiger partial charge < -0.3 is 16.3 Å². The van der Waals surface area contributed by atoms with E-state index in [0.29, 0.717) is 12.5 Å². The SMILES string of the molecule is CCC(C)(NC(=O)Cc1ccc(F)cc1F)/C(N)=N/O. The Bertz CT molecular complexity index is 534. The molecule has 0 saturated carbocycles. The summed E-state index contributed by atoms with van der Waals surface area (Å²) >= 11 is 0. The number of hydrogen-bond acceptors (Lipinski definition) is 3.